The van der Waals surface area contributed by atoms with Crippen molar-refractivity contribution in [1.82, 2.24) is 0 Å². The predicted molar refractivity (Wildman–Crippen MR) is 93.1 cm³/mol. The number of amidine groups is 1. The molecule has 21 heavy (non-hydrogen) atoms. The van der Waals surface area contributed by atoms with Gasteiger partial charge in [0.25, 0.3) is 0 Å². The molecule has 2 unspecified atom stereocenters. The number of nitrogens with two attached hydrogens (primary N) is 1. The first-order valence-electron chi connectivity index (χ1n) is 7.03. The van der Waals surface area contributed by atoms with Gasteiger partial charge in [-0.05, 0) is 17.7 Å². The van der Waals surface area contributed by atoms with Gasteiger partial charge in [-0.15, -0.1) is 0 Å². The van der Waals surface area contributed by atoms with Crippen molar-refractivity contribution in [3.8, 4) is 0 Å². The van der Waals surface area contributed by atoms with Gasteiger partial charge in [0.05, 0.1) is 17.4 Å². The second-order valence-electron chi connectivity index (χ2n) is 5.08. The van der Waals surface area contributed by atoms with Gasteiger partial charge in [0.2, 0.25) is 0 Å². The third-order valence-electron chi connectivity index (χ3n) is 3.70. The van der Waals surface area contributed by atoms with Crippen molar-refractivity contribution in [2.45, 2.75) is 11.7 Å². The topological polar surface area (TPSA) is 38.4 Å². The lowest BCUT2D eigenvalue weighted by Crippen LogP contribution is -2.29. The molecule has 0 saturated heterocycles. The van der Waals surface area contributed by atoms with Crippen molar-refractivity contribution in [2.24, 2.45) is 10.7 Å². The van der Waals surface area contributed by atoms with Crippen LogP contribution in [0.5, 0.6) is 0 Å². The summed E-state index contributed by atoms with van der Waals surface area (Å²) in [5.41, 5.74) is 8.77. The summed E-state index contributed by atoms with van der Waals surface area (Å²) in [5.74, 6) is 1.06. The molecule has 2 aromatic carbocycles. The summed E-state index contributed by atoms with van der Waals surface area (Å²) in [4.78, 5) is 4.40. The van der Waals surface area contributed by atoms with Gasteiger partial charge < -0.3 is 5.73 Å². The summed E-state index contributed by atoms with van der Waals surface area (Å²) >= 11 is 6.02. The minimum atomic E-state index is 0.0168. The normalized spacial score (nSPS) is 19.3. The van der Waals surface area contributed by atoms with Gasteiger partial charge in [-0.2, -0.15) is 0 Å². The van der Waals surface area contributed by atoms with Crippen LogP contribution in [0.3, 0.4) is 0 Å². The summed E-state index contributed by atoms with van der Waals surface area (Å²) in [5, 5.41) is 1.98. The molecule has 0 bridgehead atoms. The summed E-state index contributed by atoms with van der Waals surface area (Å²) in [7, 11) is 0.0168. The van der Waals surface area contributed by atoms with Gasteiger partial charge in [0, 0.05) is 17.0 Å². The molecular weight excluding hydrogens is 300 g/mol. The standard InChI is InChI=1S/C17H18ClN2S/c18-15-8-6-14(7-9-15)16(21-11-10-20-17(21)19)12-13-4-2-1-3-5-13/h1-9,16H,10-12H2,(H2,19,20)/q+1. The van der Waals surface area contributed by atoms with E-state index in [2.05, 4.69) is 47.5 Å². The number of hydrogen-bond donors (Lipinski definition) is 1. The van der Waals surface area contributed by atoms with E-state index in [4.69, 9.17) is 17.3 Å². The van der Waals surface area contributed by atoms with Crippen molar-refractivity contribution < 1.29 is 0 Å². The molecule has 2 aromatic rings. The van der Waals surface area contributed by atoms with Crippen LogP contribution in [-0.2, 0) is 17.3 Å². The average Bonchev–Trinajstić information content (AvgIpc) is 2.93. The minimum Gasteiger partial charge on any atom is -0.343 e. The van der Waals surface area contributed by atoms with Crippen molar-refractivity contribution in [3.05, 3.63) is 70.7 Å². The van der Waals surface area contributed by atoms with Crippen LogP contribution in [0.25, 0.3) is 0 Å². The maximum absolute atomic E-state index is 6.14. The number of aliphatic imine (C=N–C) groups is 1. The lowest BCUT2D eigenvalue weighted by atomic mass is 10.0. The van der Waals surface area contributed by atoms with Gasteiger partial charge in [0.1, 0.15) is 5.75 Å². The molecule has 0 amide bonds. The Balaban J connectivity index is 1.91. The zero-order valence-corrected chi connectivity index (χ0v) is 13.3. The van der Waals surface area contributed by atoms with E-state index < -0.39 is 0 Å². The Morgan fingerprint density at radius 2 is 1.81 bits per heavy atom. The summed E-state index contributed by atoms with van der Waals surface area (Å²) in [6.07, 6.45) is 0.988. The van der Waals surface area contributed by atoms with Crippen LogP contribution in [0.2, 0.25) is 5.02 Å². The lowest BCUT2D eigenvalue weighted by molar-refractivity contribution is 0.925. The first-order valence-corrected chi connectivity index (χ1v) is 8.86. The Kier molecular flexibility index (Phi) is 4.51. The highest BCUT2D eigenvalue weighted by Gasteiger charge is 2.39. The van der Waals surface area contributed by atoms with E-state index in [1.165, 1.54) is 11.1 Å². The Hall–Kier alpha value is -1.45. The highest BCUT2D eigenvalue weighted by Crippen LogP contribution is 2.31. The largest absolute Gasteiger partial charge is 0.343 e. The van der Waals surface area contributed by atoms with E-state index in [1.807, 2.05) is 12.1 Å². The summed E-state index contributed by atoms with van der Waals surface area (Å²) < 4.78 is 0. The molecule has 2 nitrogen and oxygen atoms in total. The fourth-order valence-corrected chi connectivity index (χ4v) is 4.95. The molecule has 0 spiro atoms. The van der Waals surface area contributed by atoms with E-state index >= 15 is 0 Å². The molecule has 0 saturated carbocycles. The van der Waals surface area contributed by atoms with Crippen LogP contribution >= 0.6 is 11.6 Å². The van der Waals surface area contributed by atoms with Gasteiger partial charge >= 0.3 is 5.17 Å². The van der Waals surface area contributed by atoms with Gasteiger partial charge in [-0.25, -0.2) is 4.99 Å². The van der Waals surface area contributed by atoms with Crippen LogP contribution in [0.15, 0.2) is 59.6 Å². The highest BCUT2D eigenvalue weighted by atomic mass is 35.5. The molecule has 2 atom stereocenters. The Morgan fingerprint density at radius 1 is 1.10 bits per heavy atom. The minimum absolute atomic E-state index is 0.0168. The molecule has 108 valence electrons. The van der Waals surface area contributed by atoms with Gasteiger partial charge in [0.15, 0.2) is 5.25 Å². The predicted octanol–water partition coefficient (Wildman–Crippen LogP) is 3.57. The SMILES string of the molecule is NC1=NCC[S+]1C(Cc1ccccc1)c1ccc(Cl)cc1. The Bertz CT molecular complexity index is 625. The van der Waals surface area contributed by atoms with Crippen molar-refractivity contribution in [1.29, 1.82) is 0 Å². The van der Waals surface area contributed by atoms with E-state index in [0.717, 1.165) is 28.9 Å². The fourth-order valence-electron chi connectivity index (χ4n) is 2.62. The molecule has 1 aliphatic rings. The zero-order valence-electron chi connectivity index (χ0n) is 11.7. The number of benzene rings is 2. The third kappa shape index (κ3) is 3.42. The van der Waals surface area contributed by atoms with Crippen molar-refractivity contribution in [3.63, 3.8) is 0 Å². The monoisotopic (exact) mass is 317 g/mol. The summed E-state index contributed by atoms with van der Waals surface area (Å²) in [6, 6.07) is 18.7. The van der Waals surface area contributed by atoms with E-state index in [0.29, 0.717) is 5.25 Å². The molecule has 0 radical (unpaired) electrons. The van der Waals surface area contributed by atoms with Gasteiger partial charge in [-0.1, -0.05) is 54.1 Å². The van der Waals surface area contributed by atoms with Crippen molar-refractivity contribution >= 4 is 27.7 Å². The average molecular weight is 318 g/mol. The Labute approximate surface area is 133 Å². The van der Waals surface area contributed by atoms with Crippen LogP contribution in [0, 0.1) is 0 Å². The van der Waals surface area contributed by atoms with E-state index in [9.17, 15) is 0 Å². The Morgan fingerprint density at radius 3 is 2.43 bits per heavy atom. The number of halogens is 1. The number of hydrogen-bond acceptors (Lipinski definition) is 2. The molecule has 3 rings (SSSR count). The van der Waals surface area contributed by atoms with Gasteiger partial charge in [-0.3, -0.25) is 0 Å². The van der Waals surface area contributed by atoms with E-state index in [-0.39, 0.29) is 10.9 Å². The lowest BCUT2D eigenvalue weighted by Gasteiger charge is -2.16. The molecular formula is C17H18ClN2S+. The fraction of sp³-hybridized carbons (Fsp3) is 0.235. The number of nitrogens with zero attached hydrogens (tertiary/aromatic N) is 1. The molecule has 1 heterocycles. The molecule has 4 heteroatoms. The highest BCUT2D eigenvalue weighted by molar-refractivity contribution is 8.11. The van der Waals surface area contributed by atoms with Crippen LogP contribution in [-0.4, -0.2) is 17.5 Å². The summed E-state index contributed by atoms with van der Waals surface area (Å²) in [6.45, 7) is 0.855. The first-order chi connectivity index (χ1) is 10.2. The molecule has 0 aliphatic carbocycles. The number of rotatable bonds is 4. The zero-order chi connectivity index (χ0) is 14.7. The molecule has 2 N–H and O–H groups in total. The first kappa shape index (κ1) is 14.5. The van der Waals surface area contributed by atoms with E-state index in [1.54, 1.807) is 0 Å². The second-order valence-corrected chi connectivity index (χ2v) is 7.77. The molecule has 0 fully saturated rings. The maximum Gasteiger partial charge on any atom is 0.312 e. The molecule has 1 aliphatic heterocycles. The third-order valence-corrected chi connectivity index (χ3v) is 6.36. The smallest absolute Gasteiger partial charge is 0.312 e. The van der Waals surface area contributed by atoms with Crippen LogP contribution < -0.4 is 5.73 Å². The molecule has 0 aromatic heterocycles. The van der Waals surface area contributed by atoms with Crippen LogP contribution in [0.4, 0.5) is 0 Å². The maximum atomic E-state index is 6.14. The van der Waals surface area contributed by atoms with Crippen LogP contribution in [0.1, 0.15) is 16.4 Å². The second kappa shape index (κ2) is 6.54. The van der Waals surface area contributed by atoms with Crippen molar-refractivity contribution in [2.75, 3.05) is 12.3 Å². The quantitative estimate of drug-likeness (QED) is 0.860.